The molecule has 0 saturated heterocycles. The van der Waals surface area contributed by atoms with Crippen LogP contribution in [0.4, 0.5) is 0 Å². The molecule has 0 fully saturated rings. The van der Waals surface area contributed by atoms with Crippen LogP contribution in [0.25, 0.3) is 27.6 Å². The van der Waals surface area contributed by atoms with Gasteiger partial charge in [-0.15, -0.1) is 0 Å². The predicted octanol–water partition coefficient (Wildman–Crippen LogP) is 4.53. The van der Waals surface area contributed by atoms with Crippen molar-refractivity contribution < 1.29 is 0 Å². The van der Waals surface area contributed by atoms with Crippen LogP contribution in [0.1, 0.15) is 12.0 Å². The van der Waals surface area contributed by atoms with Gasteiger partial charge in [0.2, 0.25) is 0 Å². The lowest BCUT2D eigenvalue weighted by Crippen LogP contribution is -2.20. The molecule has 0 aromatic heterocycles. The van der Waals surface area contributed by atoms with Crippen LogP contribution in [0, 0.1) is 0 Å². The summed E-state index contributed by atoms with van der Waals surface area (Å²) in [6.45, 7) is 0. The van der Waals surface area contributed by atoms with Crippen LogP contribution in [0.3, 0.4) is 0 Å². The van der Waals surface area contributed by atoms with Gasteiger partial charge >= 0.3 is 0 Å². The summed E-state index contributed by atoms with van der Waals surface area (Å²) in [5.74, 6) is 0. The number of benzene rings is 3. The third-order valence-corrected chi connectivity index (χ3v) is 4.50. The van der Waals surface area contributed by atoms with Crippen LogP contribution in [0.5, 0.6) is 0 Å². The van der Waals surface area contributed by atoms with E-state index in [9.17, 15) is 0 Å². The first-order valence-corrected chi connectivity index (χ1v) is 6.75. The second-order valence-electron chi connectivity index (χ2n) is 4.83. The molecule has 4 rings (SSSR count). The molecular weight excluding hydrogens is 263 g/mol. The van der Waals surface area contributed by atoms with E-state index < -0.39 is 4.33 Å². The average Bonchev–Trinajstić information content (AvgIpc) is 2.38. The van der Waals surface area contributed by atoms with Crippen molar-refractivity contribution in [1.29, 1.82) is 0 Å². The first-order chi connectivity index (χ1) is 8.67. The molecule has 0 spiro atoms. The molecule has 18 heavy (non-hydrogen) atoms. The highest BCUT2D eigenvalue weighted by Gasteiger charge is 2.30. The smallest absolute Gasteiger partial charge is 0.0959 e. The van der Waals surface area contributed by atoms with Gasteiger partial charge in [0, 0.05) is 6.42 Å². The van der Waals surface area contributed by atoms with E-state index in [1.807, 2.05) is 0 Å². The van der Waals surface area contributed by atoms with Gasteiger partial charge < -0.3 is 0 Å². The second kappa shape index (κ2) is 3.40. The zero-order valence-corrected chi connectivity index (χ0v) is 11.1. The summed E-state index contributed by atoms with van der Waals surface area (Å²) < 4.78 is -0.800. The van der Waals surface area contributed by atoms with E-state index >= 15 is 0 Å². The minimum atomic E-state index is -0.800. The third kappa shape index (κ3) is 1.28. The number of rotatable bonds is 0. The Balaban J connectivity index is 2.37. The van der Waals surface area contributed by atoms with Gasteiger partial charge in [-0.1, -0.05) is 71.7 Å². The minimum Gasteiger partial charge on any atom is -0.0959 e. The highest BCUT2D eigenvalue weighted by molar-refractivity contribution is 6.49. The van der Waals surface area contributed by atoms with Gasteiger partial charge in [-0.25, -0.2) is 0 Å². The van der Waals surface area contributed by atoms with Gasteiger partial charge in [0.1, 0.15) is 4.33 Å². The molecule has 0 unspecified atom stereocenters. The van der Waals surface area contributed by atoms with Crippen LogP contribution < -0.4 is 5.22 Å². The number of halogens is 2. The molecule has 0 aliphatic heterocycles. The Morgan fingerprint density at radius 1 is 0.833 bits per heavy atom. The van der Waals surface area contributed by atoms with Crippen molar-refractivity contribution >= 4 is 50.8 Å². The summed E-state index contributed by atoms with van der Waals surface area (Å²) >= 11 is 12.9. The number of hydrogen-bond acceptors (Lipinski definition) is 0. The molecule has 0 N–H and O–H groups in total. The van der Waals surface area contributed by atoms with Crippen LogP contribution in [-0.4, -0.2) is 0 Å². The molecule has 0 atom stereocenters. The maximum atomic E-state index is 6.44. The number of hydrogen-bond donors (Lipinski definition) is 0. The zero-order chi connectivity index (χ0) is 12.3. The largest absolute Gasteiger partial charge is 0.147 e. The molecular formula is C16H10Cl2. The van der Waals surface area contributed by atoms with E-state index in [-0.39, 0.29) is 0 Å². The summed E-state index contributed by atoms with van der Waals surface area (Å²) in [6.07, 6.45) is 2.80. The summed E-state index contributed by atoms with van der Waals surface area (Å²) in [5.41, 5.74) is 1.03. The van der Waals surface area contributed by atoms with E-state index in [1.54, 1.807) is 0 Å². The SMILES string of the molecule is ClC1(Cl)CC=c2ccc3cccc4ccc1c2c43. The highest BCUT2D eigenvalue weighted by atomic mass is 35.5. The lowest BCUT2D eigenvalue weighted by molar-refractivity contribution is 0.894. The molecule has 88 valence electrons. The Bertz CT molecular complexity index is 815. The molecule has 1 aliphatic carbocycles. The maximum absolute atomic E-state index is 6.44. The first-order valence-electron chi connectivity index (χ1n) is 5.99. The van der Waals surface area contributed by atoms with Gasteiger partial charge in [0.25, 0.3) is 0 Å². The normalized spacial score (nSPS) is 17.0. The second-order valence-corrected chi connectivity index (χ2v) is 6.32. The van der Waals surface area contributed by atoms with E-state index in [4.69, 9.17) is 23.2 Å². The van der Waals surface area contributed by atoms with Crippen molar-refractivity contribution in [2.75, 3.05) is 0 Å². The van der Waals surface area contributed by atoms with E-state index in [0.717, 1.165) is 5.56 Å². The van der Waals surface area contributed by atoms with Crippen molar-refractivity contribution in [1.82, 2.24) is 0 Å². The van der Waals surface area contributed by atoms with Crippen LogP contribution in [0.15, 0.2) is 42.5 Å². The average molecular weight is 273 g/mol. The fourth-order valence-electron chi connectivity index (χ4n) is 2.93. The topological polar surface area (TPSA) is 0 Å². The van der Waals surface area contributed by atoms with Crippen LogP contribution in [-0.2, 0) is 4.33 Å². The van der Waals surface area contributed by atoms with Crippen LogP contribution in [0.2, 0.25) is 0 Å². The molecule has 0 bridgehead atoms. The lowest BCUT2D eigenvalue weighted by atomic mass is 9.89. The molecule has 0 saturated carbocycles. The van der Waals surface area contributed by atoms with Crippen molar-refractivity contribution in [3.05, 3.63) is 53.2 Å². The molecule has 0 heterocycles. The fraction of sp³-hybridized carbons (Fsp3) is 0.125. The van der Waals surface area contributed by atoms with Crippen molar-refractivity contribution in [2.24, 2.45) is 0 Å². The third-order valence-electron chi connectivity index (χ3n) is 3.78. The van der Waals surface area contributed by atoms with Gasteiger partial charge in [0.15, 0.2) is 0 Å². The Hall–Kier alpha value is -1.24. The van der Waals surface area contributed by atoms with Gasteiger partial charge in [-0.05, 0) is 32.3 Å². The first kappa shape index (κ1) is 10.7. The molecule has 0 radical (unpaired) electrons. The predicted molar refractivity (Wildman–Crippen MR) is 79.1 cm³/mol. The molecule has 0 nitrogen and oxygen atoms in total. The maximum Gasteiger partial charge on any atom is 0.147 e. The van der Waals surface area contributed by atoms with Crippen molar-refractivity contribution in [2.45, 2.75) is 10.8 Å². The van der Waals surface area contributed by atoms with Crippen molar-refractivity contribution in [3.63, 3.8) is 0 Å². The Labute approximate surface area is 115 Å². The Morgan fingerprint density at radius 2 is 1.56 bits per heavy atom. The summed E-state index contributed by atoms with van der Waals surface area (Å²) in [7, 11) is 0. The van der Waals surface area contributed by atoms with Crippen molar-refractivity contribution in [3.8, 4) is 0 Å². The fourth-order valence-corrected chi connectivity index (χ4v) is 3.40. The molecule has 3 aromatic carbocycles. The summed E-state index contributed by atoms with van der Waals surface area (Å²) in [5, 5.41) is 6.21. The molecule has 0 amide bonds. The standard InChI is InChI=1S/C16H10Cl2/c17-16(18)9-8-12-5-4-10-2-1-3-11-6-7-13(16)15(12)14(10)11/h1-8H,9H2. The summed E-state index contributed by atoms with van der Waals surface area (Å²) in [4.78, 5) is 0. The quantitative estimate of drug-likeness (QED) is 0.528. The Kier molecular flexibility index (Phi) is 2.02. The number of alkyl halides is 2. The minimum absolute atomic E-state index is 0.663. The Morgan fingerprint density at radius 3 is 2.33 bits per heavy atom. The molecule has 1 aliphatic rings. The highest BCUT2D eigenvalue weighted by Crippen LogP contribution is 2.44. The molecule has 2 heteroatoms. The lowest BCUT2D eigenvalue weighted by Gasteiger charge is -2.25. The van der Waals surface area contributed by atoms with Gasteiger partial charge in [-0.2, -0.15) is 0 Å². The van der Waals surface area contributed by atoms with E-state index in [1.165, 1.54) is 26.8 Å². The summed E-state index contributed by atoms with van der Waals surface area (Å²) in [6, 6.07) is 14.8. The zero-order valence-electron chi connectivity index (χ0n) is 9.58. The van der Waals surface area contributed by atoms with Gasteiger partial charge in [-0.3, -0.25) is 0 Å². The van der Waals surface area contributed by atoms with Crippen LogP contribution >= 0.6 is 23.2 Å². The van der Waals surface area contributed by atoms with Gasteiger partial charge in [0.05, 0.1) is 0 Å². The van der Waals surface area contributed by atoms with E-state index in [0.29, 0.717) is 6.42 Å². The van der Waals surface area contributed by atoms with E-state index in [2.05, 4.69) is 48.5 Å². The monoisotopic (exact) mass is 272 g/mol. The molecule has 3 aromatic rings.